The molecule has 0 aromatic heterocycles. The highest BCUT2D eigenvalue weighted by Crippen LogP contribution is 2.12. The van der Waals surface area contributed by atoms with Crippen molar-refractivity contribution in [1.29, 1.82) is 0 Å². The Hall–Kier alpha value is -0.870. The van der Waals surface area contributed by atoms with Gasteiger partial charge in [-0.15, -0.1) is 0 Å². The average molecular weight is 201 g/mol. The monoisotopic (exact) mass is 201 g/mol. The van der Waals surface area contributed by atoms with E-state index in [1.54, 1.807) is 0 Å². The minimum atomic E-state index is -0.951. The Morgan fingerprint density at radius 3 is 2.43 bits per heavy atom. The molecule has 4 nitrogen and oxygen atoms in total. The summed E-state index contributed by atoms with van der Waals surface area (Å²) in [4.78, 5) is 10.1. The zero-order valence-electron chi connectivity index (χ0n) is 8.79. The molecule has 14 heavy (non-hydrogen) atoms. The van der Waals surface area contributed by atoms with Crippen molar-refractivity contribution in [3.63, 3.8) is 0 Å². The maximum absolute atomic E-state index is 10.1. The van der Waals surface area contributed by atoms with Gasteiger partial charge in [0.25, 0.3) is 0 Å². The highest BCUT2D eigenvalue weighted by molar-refractivity contribution is 5.79. The Labute approximate surface area is 84.6 Å². The molecule has 82 valence electrons. The average Bonchev–Trinajstić information content (AvgIpc) is 2.16. The van der Waals surface area contributed by atoms with Crippen LogP contribution in [-0.2, 0) is 4.79 Å². The van der Waals surface area contributed by atoms with E-state index in [9.17, 15) is 9.90 Å². The number of aliphatic hydroxyl groups is 1. The molecule has 0 aliphatic heterocycles. The standard InChI is InChI=1S/C10H19NO3/c1-3-10(14,4-2)8-11-7-5-6-9(12)13/h5-6,11,14H,3-4,7-8H2,1-2H3,(H,12,13)/b6-5+. The first-order chi connectivity index (χ1) is 6.54. The highest BCUT2D eigenvalue weighted by Gasteiger charge is 2.20. The molecule has 3 N–H and O–H groups in total. The Kier molecular flexibility index (Phi) is 6.16. The molecular formula is C10H19NO3. The van der Waals surface area contributed by atoms with Gasteiger partial charge in [-0.2, -0.15) is 0 Å². The van der Waals surface area contributed by atoms with Crippen LogP contribution in [0.25, 0.3) is 0 Å². The van der Waals surface area contributed by atoms with Crippen molar-refractivity contribution < 1.29 is 15.0 Å². The third-order valence-electron chi connectivity index (χ3n) is 2.29. The quantitative estimate of drug-likeness (QED) is 0.420. The summed E-state index contributed by atoms with van der Waals surface area (Å²) in [5.41, 5.74) is -0.670. The summed E-state index contributed by atoms with van der Waals surface area (Å²) in [5.74, 6) is -0.951. The second kappa shape index (κ2) is 6.56. The molecule has 0 unspecified atom stereocenters. The summed E-state index contributed by atoms with van der Waals surface area (Å²) in [6.07, 6.45) is 4.00. The van der Waals surface area contributed by atoms with E-state index in [0.29, 0.717) is 25.9 Å². The number of carboxylic acids is 1. The Morgan fingerprint density at radius 1 is 1.43 bits per heavy atom. The van der Waals surface area contributed by atoms with Crippen molar-refractivity contribution >= 4 is 5.97 Å². The molecule has 0 bridgehead atoms. The van der Waals surface area contributed by atoms with E-state index in [4.69, 9.17) is 5.11 Å². The van der Waals surface area contributed by atoms with E-state index in [1.807, 2.05) is 13.8 Å². The number of aliphatic carboxylic acids is 1. The fourth-order valence-electron chi connectivity index (χ4n) is 1.05. The number of rotatable bonds is 7. The van der Waals surface area contributed by atoms with Crippen LogP contribution in [0.2, 0.25) is 0 Å². The molecule has 0 rings (SSSR count). The lowest BCUT2D eigenvalue weighted by atomic mass is 9.98. The number of nitrogens with one attached hydrogen (secondary N) is 1. The third kappa shape index (κ3) is 5.72. The molecule has 0 aliphatic carbocycles. The molecule has 0 heterocycles. The van der Waals surface area contributed by atoms with E-state index >= 15 is 0 Å². The van der Waals surface area contributed by atoms with Gasteiger partial charge in [-0.1, -0.05) is 19.9 Å². The SMILES string of the molecule is CCC(O)(CC)CNC/C=C/C(=O)O. The molecule has 0 aromatic rings. The first kappa shape index (κ1) is 13.1. The van der Waals surface area contributed by atoms with Crippen LogP contribution in [0.1, 0.15) is 26.7 Å². The molecule has 0 saturated heterocycles. The minimum absolute atomic E-state index is 0.467. The zero-order chi connectivity index (χ0) is 11.0. The van der Waals surface area contributed by atoms with Gasteiger partial charge >= 0.3 is 5.97 Å². The van der Waals surface area contributed by atoms with Crippen molar-refractivity contribution in [2.45, 2.75) is 32.3 Å². The first-order valence-corrected chi connectivity index (χ1v) is 4.86. The van der Waals surface area contributed by atoms with Crippen LogP contribution in [0.3, 0.4) is 0 Å². The summed E-state index contributed by atoms with van der Waals surface area (Å²) in [7, 11) is 0. The molecule has 0 atom stereocenters. The predicted molar refractivity (Wildman–Crippen MR) is 55.2 cm³/mol. The van der Waals surface area contributed by atoms with Crippen LogP contribution in [-0.4, -0.2) is 34.9 Å². The van der Waals surface area contributed by atoms with Crippen LogP contribution in [0.4, 0.5) is 0 Å². The Balaban J connectivity index is 3.67. The van der Waals surface area contributed by atoms with Gasteiger partial charge in [0.1, 0.15) is 0 Å². The van der Waals surface area contributed by atoms with Crippen molar-refractivity contribution in [2.75, 3.05) is 13.1 Å². The van der Waals surface area contributed by atoms with Crippen LogP contribution in [0, 0.1) is 0 Å². The molecule has 0 spiro atoms. The normalized spacial score (nSPS) is 12.2. The van der Waals surface area contributed by atoms with Crippen LogP contribution in [0.15, 0.2) is 12.2 Å². The van der Waals surface area contributed by atoms with Crippen molar-refractivity contribution in [1.82, 2.24) is 5.32 Å². The molecule has 0 fully saturated rings. The minimum Gasteiger partial charge on any atom is -0.478 e. The molecule has 0 aromatic carbocycles. The molecule has 0 aliphatic rings. The van der Waals surface area contributed by atoms with Crippen LogP contribution >= 0.6 is 0 Å². The van der Waals surface area contributed by atoms with Gasteiger partial charge in [-0.3, -0.25) is 0 Å². The molecule has 0 amide bonds. The van der Waals surface area contributed by atoms with Crippen LogP contribution in [0.5, 0.6) is 0 Å². The summed E-state index contributed by atoms with van der Waals surface area (Å²) >= 11 is 0. The highest BCUT2D eigenvalue weighted by atomic mass is 16.4. The zero-order valence-corrected chi connectivity index (χ0v) is 8.79. The van der Waals surface area contributed by atoms with E-state index in [2.05, 4.69) is 5.32 Å². The van der Waals surface area contributed by atoms with Gasteiger partial charge in [-0.25, -0.2) is 4.79 Å². The van der Waals surface area contributed by atoms with Crippen molar-refractivity contribution in [3.8, 4) is 0 Å². The van der Waals surface area contributed by atoms with Gasteiger partial charge in [-0.05, 0) is 12.8 Å². The lowest BCUT2D eigenvalue weighted by Gasteiger charge is -2.25. The lowest BCUT2D eigenvalue weighted by Crippen LogP contribution is -2.39. The number of carboxylic acid groups (broad SMARTS) is 1. The smallest absolute Gasteiger partial charge is 0.328 e. The Morgan fingerprint density at radius 2 is 2.00 bits per heavy atom. The van der Waals surface area contributed by atoms with Crippen molar-refractivity contribution in [3.05, 3.63) is 12.2 Å². The summed E-state index contributed by atoms with van der Waals surface area (Å²) < 4.78 is 0. The largest absolute Gasteiger partial charge is 0.478 e. The Bertz CT molecular complexity index is 198. The van der Waals surface area contributed by atoms with E-state index in [1.165, 1.54) is 6.08 Å². The van der Waals surface area contributed by atoms with E-state index in [0.717, 1.165) is 6.08 Å². The fraction of sp³-hybridized carbons (Fsp3) is 0.700. The molecule has 0 saturated carbocycles. The molecule has 0 radical (unpaired) electrons. The second-order valence-electron chi connectivity index (χ2n) is 3.30. The summed E-state index contributed by atoms with van der Waals surface area (Å²) in [6.45, 7) is 4.81. The molecular weight excluding hydrogens is 182 g/mol. The van der Waals surface area contributed by atoms with Crippen LogP contribution < -0.4 is 5.32 Å². The van der Waals surface area contributed by atoms with Gasteiger partial charge < -0.3 is 15.5 Å². The van der Waals surface area contributed by atoms with E-state index in [-0.39, 0.29) is 0 Å². The molecule has 4 heteroatoms. The topological polar surface area (TPSA) is 69.6 Å². The van der Waals surface area contributed by atoms with Gasteiger partial charge in [0, 0.05) is 19.2 Å². The first-order valence-electron chi connectivity index (χ1n) is 4.86. The summed E-state index contributed by atoms with van der Waals surface area (Å²) in [5, 5.41) is 21.1. The third-order valence-corrected chi connectivity index (χ3v) is 2.29. The predicted octanol–water partition coefficient (Wildman–Crippen LogP) is 0.768. The second-order valence-corrected chi connectivity index (χ2v) is 3.30. The number of carbonyl (C=O) groups is 1. The fourth-order valence-corrected chi connectivity index (χ4v) is 1.05. The lowest BCUT2D eigenvalue weighted by molar-refractivity contribution is -0.131. The maximum atomic E-state index is 10.1. The number of hydrogen-bond acceptors (Lipinski definition) is 3. The van der Waals surface area contributed by atoms with Gasteiger partial charge in [0.05, 0.1) is 5.60 Å². The van der Waals surface area contributed by atoms with E-state index < -0.39 is 11.6 Å². The van der Waals surface area contributed by atoms with Crippen molar-refractivity contribution in [2.24, 2.45) is 0 Å². The number of hydrogen-bond donors (Lipinski definition) is 3. The van der Waals surface area contributed by atoms with Gasteiger partial charge in [0.2, 0.25) is 0 Å². The maximum Gasteiger partial charge on any atom is 0.328 e. The van der Waals surface area contributed by atoms with Gasteiger partial charge in [0.15, 0.2) is 0 Å². The summed E-state index contributed by atoms with van der Waals surface area (Å²) in [6, 6.07) is 0.